The van der Waals surface area contributed by atoms with Gasteiger partial charge in [-0.05, 0) is 88.7 Å². The molecular weight excluding hydrogens is 472 g/mol. The van der Waals surface area contributed by atoms with Crippen molar-refractivity contribution in [2.24, 2.45) is 0 Å². The van der Waals surface area contributed by atoms with Crippen LogP contribution in [0.3, 0.4) is 0 Å². The maximum absolute atomic E-state index is 13.2. The normalized spacial score (nSPS) is 30.4. The summed E-state index contributed by atoms with van der Waals surface area (Å²) >= 11 is 0. The van der Waals surface area contributed by atoms with Gasteiger partial charge in [-0.1, -0.05) is 6.07 Å². The van der Waals surface area contributed by atoms with E-state index in [0.29, 0.717) is 35.3 Å². The highest BCUT2D eigenvalue weighted by molar-refractivity contribution is 6.23. The second-order valence-corrected chi connectivity index (χ2v) is 11.4. The Hall–Kier alpha value is -2.62. The van der Waals surface area contributed by atoms with Crippen molar-refractivity contribution >= 4 is 23.6 Å². The molecule has 4 amide bonds. The third kappa shape index (κ3) is 4.73. The van der Waals surface area contributed by atoms with Crippen LogP contribution >= 0.6 is 0 Å². The van der Waals surface area contributed by atoms with Gasteiger partial charge in [-0.2, -0.15) is 0 Å². The fraction of sp³-hybridized carbons (Fsp3) is 0.643. The van der Waals surface area contributed by atoms with Gasteiger partial charge in [0.1, 0.15) is 6.04 Å². The number of benzene rings is 1. The average molecular weight is 509 g/mol. The second-order valence-electron chi connectivity index (χ2n) is 11.4. The minimum absolute atomic E-state index is 0.125. The molecule has 1 unspecified atom stereocenters. The predicted molar refractivity (Wildman–Crippen MR) is 135 cm³/mol. The highest BCUT2D eigenvalue weighted by Crippen LogP contribution is 2.37. The Morgan fingerprint density at radius 2 is 1.54 bits per heavy atom. The van der Waals surface area contributed by atoms with Crippen LogP contribution in [0.4, 0.5) is 0 Å². The molecule has 198 valence electrons. The quantitative estimate of drug-likeness (QED) is 0.607. The molecule has 1 aliphatic carbocycles. The lowest BCUT2D eigenvalue weighted by atomic mass is 9.83. The van der Waals surface area contributed by atoms with Crippen molar-refractivity contribution in [1.82, 2.24) is 20.0 Å². The van der Waals surface area contributed by atoms with Gasteiger partial charge in [0, 0.05) is 25.6 Å². The van der Waals surface area contributed by atoms with E-state index in [-0.39, 0.29) is 18.7 Å². The molecule has 1 aromatic rings. The van der Waals surface area contributed by atoms with Crippen molar-refractivity contribution in [3.8, 4) is 0 Å². The summed E-state index contributed by atoms with van der Waals surface area (Å²) in [5.74, 6) is -1.47. The lowest BCUT2D eigenvalue weighted by Gasteiger charge is -2.47. The monoisotopic (exact) mass is 508 g/mol. The van der Waals surface area contributed by atoms with Crippen LogP contribution in [0.5, 0.6) is 0 Å². The van der Waals surface area contributed by atoms with Crippen LogP contribution in [0.2, 0.25) is 0 Å². The number of nitrogens with one attached hydrogen (secondary N) is 1. The number of ether oxygens (including phenoxy) is 1. The fourth-order valence-electron chi connectivity index (χ4n) is 6.68. The fourth-order valence-corrected chi connectivity index (χ4v) is 6.68. The lowest BCUT2D eigenvalue weighted by Crippen LogP contribution is -2.54. The molecule has 1 atom stereocenters. The van der Waals surface area contributed by atoms with E-state index in [4.69, 9.17) is 4.74 Å². The van der Waals surface area contributed by atoms with Crippen molar-refractivity contribution in [3.05, 3.63) is 34.9 Å². The van der Waals surface area contributed by atoms with Gasteiger partial charge in [-0.25, -0.2) is 0 Å². The number of nitrogens with zero attached hydrogens (tertiary/aromatic N) is 3. The molecule has 1 aromatic carbocycles. The van der Waals surface area contributed by atoms with Gasteiger partial charge in [0.15, 0.2) is 0 Å². The van der Waals surface area contributed by atoms with Crippen LogP contribution in [-0.2, 0) is 14.3 Å². The van der Waals surface area contributed by atoms with Crippen LogP contribution in [-0.4, -0.2) is 95.8 Å². The molecule has 1 saturated carbocycles. The molecule has 4 fully saturated rings. The predicted octanol–water partition coefficient (Wildman–Crippen LogP) is 1.91. The highest BCUT2D eigenvalue weighted by atomic mass is 16.5. The van der Waals surface area contributed by atoms with Gasteiger partial charge in [0.2, 0.25) is 11.8 Å². The summed E-state index contributed by atoms with van der Waals surface area (Å²) in [6.07, 6.45) is 7.71. The van der Waals surface area contributed by atoms with Gasteiger partial charge in [-0.3, -0.25) is 29.4 Å². The topological polar surface area (TPSA) is 99.3 Å². The maximum atomic E-state index is 13.2. The molecular formula is C28H36N4O5. The molecule has 3 saturated heterocycles. The van der Waals surface area contributed by atoms with Gasteiger partial charge in [-0.15, -0.1) is 0 Å². The molecule has 5 aliphatic rings. The zero-order valence-electron chi connectivity index (χ0n) is 21.5. The largest absolute Gasteiger partial charge is 0.375 e. The SMILES string of the molecule is CN1CCC(OC2CC(N3CCC(c4ccc5c(c4)C(=O)N(C4CCC(=O)NC4=O)C5=O)CC3)C2)CC1. The Morgan fingerprint density at radius 1 is 0.838 bits per heavy atom. The Labute approximate surface area is 217 Å². The van der Waals surface area contributed by atoms with E-state index in [9.17, 15) is 19.2 Å². The Bertz CT molecular complexity index is 1100. The first-order valence-corrected chi connectivity index (χ1v) is 13.8. The van der Waals surface area contributed by atoms with Crippen molar-refractivity contribution in [2.75, 3.05) is 33.2 Å². The average Bonchev–Trinajstić information content (AvgIpc) is 3.12. The number of piperidine rings is 3. The summed E-state index contributed by atoms with van der Waals surface area (Å²) < 4.78 is 6.35. The first kappa shape index (κ1) is 24.7. The van der Waals surface area contributed by atoms with Crippen LogP contribution in [0.1, 0.15) is 83.6 Å². The molecule has 4 heterocycles. The molecule has 0 bridgehead atoms. The molecule has 6 rings (SSSR count). The van der Waals surface area contributed by atoms with E-state index in [1.54, 1.807) is 6.07 Å². The number of likely N-dealkylation sites (tertiary alicyclic amines) is 2. The van der Waals surface area contributed by atoms with E-state index in [1.165, 1.54) is 0 Å². The molecule has 37 heavy (non-hydrogen) atoms. The van der Waals surface area contributed by atoms with E-state index in [2.05, 4.69) is 22.2 Å². The number of carbonyl (C=O) groups excluding carboxylic acids is 4. The first-order chi connectivity index (χ1) is 17.9. The third-order valence-electron chi connectivity index (χ3n) is 9.10. The highest BCUT2D eigenvalue weighted by Gasteiger charge is 2.45. The molecule has 4 aliphatic heterocycles. The van der Waals surface area contributed by atoms with E-state index >= 15 is 0 Å². The van der Waals surface area contributed by atoms with Crippen molar-refractivity contribution in [1.29, 1.82) is 0 Å². The lowest BCUT2D eigenvalue weighted by molar-refractivity contribution is -0.136. The molecule has 1 N–H and O–H groups in total. The van der Waals surface area contributed by atoms with Gasteiger partial charge >= 0.3 is 0 Å². The van der Waals surface area contributed by atoms with Gasteiger partial charge < -0.3 is 14.5 Å². The minimum Gasteiger partial charge on any atom is -0.375 e. The standard InChI is InChI=1S/C28H36N4O5/c1-30-10-8-20(9-11-30)37-21-15-19(16-21)31-12-6-17(7-13-31)18-2-3-22-23(14-18)28(36)32(27(22)35)24-4-5-25(33)29-26(24)34/h2-3,14,17,19-21,24H,4-13,15-16H2,1H3,(H,29,33,34). The molecule has 0 aromatic heterocycles. The van der Waals surface area contributed by atoms with Crippen molar-refractivity contribution in [3.63, 3.8) is 0 Å². The molecule has 9 nitrogen and oxygen atoms in total. The van der Waals surface area contributed by atoms with Gasteiger partial charge in [0.25, 0.3) is 11.8 Å². The smallest absolute Gasteiger partial charge is 0.262 e. The number of hydrogen-bond donors (Lipinski definition) is 1. The number of fused-ring (bicyclic) bond motifs is 1. The van der Waals surface area contributed by atoms with Crippen LogP contribution in [0.25, 0.3) is 0 Å². The number of amides is 4. The Kier molecular flexibility index (Phi) is 6.63. The van der Waals surface area contributed by atoms with Crippen molar-refractivity contribution < 1.29 is 23.9 Å². The number of rotatable bonds is 5. The summed E-state index contributed by atoms with van der Waals surface area (Å²) in [6, 6.07) is 5.24. The first-order valence-electron chi connectivity index (χ1n) is 13.8. The number of imide groups is 2. The van der Waals surface area contributed by atoms with Gasteiger partial charge in [0.05, 0.1) is 23.3 Å². The molecule has 0 spiro atoms. The van der Waals surface area contributed by atoms with Crippen LogP contribution in [0, 0.1) is 0 Å². The summed E-state index contributed by atoms with van der Waals surface area (Å²) in [7, 11) is 2.18. The second kappa shape index (κ2) is 9.93. The Balaban J connectivity index is 1.03. The Morgan fingerprint density at radius 3 is 2.24 bits per heavy atom. The summed E-state index contributed by atoms with van der Waals surface area (Å²) in [5, 5.41) is 2.25. The van der Waals surface area contributed by atoms with E-state index in [1.807, 2.05) is 12.1 Å². The number of carbonyl (C=O) groups is 4. The minimum atomic E-state index is -0.925. The van der Waals surface area contributed by atoms with E-state index < -0.39 is 23.8 Å². The zero-order chi connectivity index (χ0) is 25.7. The third-order valence-corrected chi connectivity index (χ3v) is 9.10. The van der Waals surface area contributed by atoms with Crippen molar-refractivity contribution in [2.45, 2.75) is 81.6 Å². The maximum Gasteiger partial charge on any atom is 0.262 e. The summed E-state index contributed by atoms with van der Waals surface area (Å²) in [4.78, 5) is 55.9. The van der Waals surface area contributed by atoms with Crippen LogP contribution in [0.15, 0.2) is 18.2 Å². The summed E-state index contributed by atoms with van der Waals surface area (Å²) in [5.41, 5.74) is 1.81. The summed E-state index contributed by atoms with van der Waals surface area (Å²) in [6.45, 7) is 4.32. The van der Waals surface area contributed by atoms with E-state index in [0.717, 1.165) is 75.2 Å². The zero-order valence-corrected chi connectivity index (χ0v) is 21.5. The number of hydrogen-bond acceptors (Lipinski definition) is 7. The molecule has 9 heteroatoms. The van der Waals surface area contributed by atoms with Crippen LogP contribution < -0.4 is 5.32 Å². The molecule has 0 radical (unpaired) electrons.